The molecule has 0 bridgehead atoms. The number of likely N-dealkylation sites (N-methyl/N-ethyl adjacent to an activating group) is 1. The minimum absolute atomic E-state index is 0.147. The lowest BCUT2D eigenvalue weighted by atomic mass is 9.98. The summed E-state index contributed by atoms with van der Waals surface area (Å²) >= 11 is 0. The lowest BCUT2D eigenvalue weighted by molar-refractivity contribution is -0.137. The Morgan fingerprint density at radius 2 is 1.68 bits per heavy atom. The zero-order chi connectivity index (χ0) is 19.7. The molecule has 1 fully saturated rings. The van der Waals surface area contributed by atoms with Crippen molar-refractivity contribution in [2.75, 3.05) is 13.7 Å². The summed E-state index contributed by atoms with van der Waals surface area (Å²) in [5.74, 6) is -0.698. The van der Waals surface area contributed by atoms with E-state index >= 15 is 0 Å². The number of benzene rings is 2. The summed E-state index contributed by atoms with van der Waals surface area (Å²) in [6, 6.07) is 17.7. The third kappa shape index (κ3) is 3.17. The number of nitrogens with zero attached hydrogens (tertiary/aromatic N) is 2. The Labute approximate surface area is 163 Å². The van der Waals surface area contributed by atoms with Gasteiger partial charge in [-0.05, 0) is 23.1 Å². The number of rotatable bonds is 4. The van der Waals surface area contributed by atoms with Gasteiger partial charge in [-0.2, -0.15) is 0 Å². The largest absolute Gasteiger partial charge is 0.447 e. The summed E-state index contributed by atoms with van der Waals surface area (Å²) in [5.41, 5.74) is 2.39. The highest BCUT2D eigenvalue weighted by atomic mass is 16.6. The van der Waals surface area contributed by atoms with Crippen LogP contribution in [0.4, 0.5) is 4.79 Å². The van der Waals surface area contributed by atoms with Crippen LogP contribution in [-0.2, 0) is 20.7 Å². The van der Waals surface area contributed by atoms with Gasteiger partial charge in [0.05, 0.1) is 6.04 Å². The molecule has 0 saturated carbocycles. The van der Waals surface area contributed by atoms with Crippen molar-refractivity contribution in [1.82, 2.24) is 9.80 Å². The Morgan fingerprint density at radius 1 is 1.04 bits per heavy atom. The number of cyclic esters (lactones) is 1. The molecule has 2 heterocycles. The van der Waals surface area contributed by atoms with Crippen LogP contribution >= 0.6 is 0 Å². The van der Waals surface area contributed by atoms with E-state index in [-0.39, 0.29) is 12.5 Å². The number of hydrogen-bond acceptors (Lipinski definition) is 4. The van der Waals surface area contributed by atoms with Crippen LogP contribution in [-0.4, -0.2) is 53.4 Å². The fraction of sp³-hybridized carbons (Fsp3) is 0.227. The summed E-state index contributed by atoms with van der Waals surface area (Å²) in [7, 11) is 1.57. The highest BCUT2D eigenvalue weighted by Gasteiger charge is 2.46. The lowest BCUT2D eigenvalue weighted by Crippen LogP contribution is -2.50. The van der Waals surface area contributed by atoms with E-state index in [1.807, 2.05) is 60.7 Å². The molecule has 2 aliphatic rings. The molecule has 0 aromatic heterocycles. The quantitative estimate of drug-likeness (QED) is 0.822. The maximum atomic E-state index is 13.4. The molecule has 0 radical (unpaired) electrons. The summed E-state index contributed by atoms with van der Waals surface area (Å²) in [5, 5.41) is 0. The van der Waals surface area contributed by atoms with Crippen LogP contribution in [0.15, 0.2) is 66.7 Å². The summed E-state index contributed by atoms with van der Waals surface area (Å²) in [6.07, 6.45) is 1.31. The van der Waals surface area contributed by atoms with Crippen LogP contribution in [0.25, 0.3) is 5.57 Å². The van der Waals surface area contributed by atoms with Gasteiger partial charge in [0.1, 0.15) is 12.6 Å². The van der Waals surface area contributed by atoms with Crippen LogP contribution in [0.1, 0.15) is 11.1 Å². The van der Waals surface area contributed by atoms with Crippen molar-refractivity contribution in [1.29, 1.82) is 0 Å². The van der Waals surface area contributed by atoms with Crippen molar-refractivity contribution in [2.45, 2.75) is 18.5 Å². The van der Waals surface area contributed by atoms with E-state index in [1.54, 1.807) is 7.05 Å². The molecule has 142 valence electrons. The fourth-order valence-corrected chi connectivity index (χ4v) is 3.72. The highest BCUT2D eigenvalue weighted by Crippen LogP contribution is 2.31. The lowest BCUT2D eigenvalue weighted by Gasteiger charge is -2.28. The second-order valence-corrected chi connectivity index (χ2v) is 6.95. The molecule has 28 heavy (non-hydrogen) atoms. The highest BCUT2D eigenvalue weighted by molar-refractivity contribution is 6.13. The van der Waals surface area contributed by atoms with Crippen molar-refractivity contribution in [3.05, 3.63) is 77.9 Å². The number of imide groups is 1. The van der Waals surface area contributed by atoms with E-state index in [9.17, 15) is 14.4 Å². The molecule has 0 N–H and O–H groups in total. The Hall–Kier alpha value is -3.41. The van der Waals surface area contributed by atoms with Gasteiger partial charge < -0.3 is 9.64 Å². The van der Waals surface area contributed by atoms with Crippen LogP contribution in [0, 0.1) is 0 Å². The first-order valence-electron chi connectivity index (χ1n) is 9.14. The van der Waals surface area contributed by atoms with Crippen LogP contribution < -0.4 is 0 Å². The third-order valence-corrected chi connectivity index (χ3v) is 5.16. The van der Waals surface area contributed by atoms with Gasteiger partial charge in [-0.15, -0.1) is 0 Å². The molecule has 2 aromatic rings. The molecule has 1 saturated heterocycles. The number of hydrogen-bond donors (Lipinski definition) is 0. The second-order valence-electron chi connectivity index (χ2n) is 6.95. The van der Waals surface area contributed by atoms with Gasteiger partial charge in [-0.25, -0.2) is 9.69 Å². The van der Waals surface area contributed by atoms with E-state index in [0.29, 0.717) is 12.0 Å². The minimum atomic E-state index is -0.848. The molecule has 0 spiro atoms. The zero-order valence-electron chi connectivity index (χ0n) is 15.4. The van der Waals surface area contributed by atoms with E-state index in [0.717, 1.165) is 11.1 Å². The average molecular weight is 376 g/mol. The summed E-state index contributed by atoms with van der Waals surface area (Å²) in [6.45, 7) is 0.147. The standard InChI is InChI=1S/C22H20N2O4/c1-23-19(25)13-18(16-10-6-3-7-11-16)20(23)21(26)24-17(14-28-22(24)27)12-15-8-4-2-5-9-15/h2-11,13,17,20H,12,14H2,1H3/t17-,20-/m0/s1. The maximum Gasteiger partial charge on any atom is 0.417 e. The normalized spacial score (nSPS) is 21.7. The number of ether oxygens (including phenoxy) is 1. The Bertz CT molecular complexity index is 940. The second kappa shape index (κ2) is 7.31. The van der Waals surface area contributed by atoms with Gasteiger partial charge >= 0.3 is 6.09 Å². The molecule has 6 nitrogen and oxygen atoms in total. The molecule has 0 aliphatic carbocycles. The summed E-state index contributed by atoms with van der Waals surface area (Å²) < 4.78 is 5.18. The number of amides is 3. The van der Waals surface area contributed by atoms with E-state index in [4.69, 9.17) is 4.74 Å². The molecule has 0 unspecified atom stereocenters. The van der Waals surface area contributed by atoms with Crippen LogP contribution in [0.5, 0.6) is 0 Å². The zero-order valence-corrected chi connectivity index (χ0v) is 15.4. The van der Waals surface area contributed by atoms with Gasteiger partial charge in [-0.1, -0.05) is 60.7 Å². The van der Waals surface area contributed by atoms with Crippen LogP contribution in [0.3, 0.4) is 0 Å². The van der Waals surface area contributed by atoms with Crippen molar-refractivity contribution in [2.24, 2.45) is 0 Å². The first kappa shape index (κ1) is 18.0. The first-order chi connectivity index (χ1) is 13.6. The fourth-order valence-electron chi connectivity index (χ4n) is 3.72. The van der Waals surface area contributed by atoms with Crippen molar-refractivity contribution in [3.63, 3.8) is 0 Å². The average Bonchev–Trinajstić information content (AvgIpc) is 3.22. The van der Waals surface area contributed by atoms with E-state index < -0.39 is 24.1 Å². The molecule has 4 rings (SSSR count). The van der Waals surface area contributed by atoms with Gasteiger partial charge in [0.15, 0.2) is 0 Å². The Balaban J connectivity index is 1.63. The van der Waals surface area contributed by atoms with Crippen molar-refractivity contribution < 1.29 is 19.1 Å². The van der Waals surface area contributed by atoms with Gasteiger partial charge in [0, 0.05) is 13.1 Å². The van der Waals surface area contributed by atoms with Crippen molar-refractivity contribution in [3.8, 4) is 0 Å². The number of carbonyl (C=O) groups is 3. The maximum absolute atomic E-state index is 13.4. The molecule has 6 heteroatoms. The van der Waals surface area contributed by atoms with Gasteiger partial charge in [0.2, 0.25) is 5.91 Å². The SMILES string of the molecule is CN1C(=O)C=C(c2ccccc2)[C@H]1C(=O)N1C(=O)OC[C@@H]1Cc1ccccc1. The monoisotopic (exact) mass is 376 g/mol. The topological polar surface area (TPSA) is 66.9 Å². The summed E-state index contributed by atoms with van der Waals surface area (Å²) in [4.78, 5) is 40.6. The smallest absolute Gasteiger partial charge is 0.417 e. The molecule has 2 aliphatic heterocycles. The molecule has 2 atom stereocenters. The minimum Gasteiger partial charge on any atom is -0.447 e. The van der Waals surface area contributed by atoms with Crippen LogP contribution in [0.2, 0.25) is 0 Å². The predicted octanol–water partition coefficient (Wildman–Crippen LogP) is 2.50. The molecular formula is C22H20N2O4. The van der Waals surface area contributed by atoms with E-state index in [2.05, 4.69) is 0 Å². The Kier molecular flexibility index (Phi) is 4.69. The number of carbonyl (C=O) groups excluding carboxylic acids is 3. The van der Waals surface area contributed by atoms with Gasteiger partial charge in [0.25, 0.3) is 5.91 Å². The predicted molar refractivity (Wildman–Crippen MR) is 103 cm³/mol. The molecule has 2 aromatic carbocycles. The van der Waals surface area contributed by atoms with Crippen molar-refractivity contribution >= 4 is 23.5 Å². The molecule has 3 amide bonds. The van der Waals surface area contributed by atoms with E-state index in [1.165, 1.54) is 15.9 Å². The first-order valence-corrected chi connectivity index (χ1v) is 9.14. The third-order valence-electron chi connectivity index (χ3n) is 5.16. The Morgan fingerprint density at radius 3 is 2.36 bits per heavy atom. The van der Waals surface area contributed by atoms with Gasteiger partial charge in [-0.3, -0.25) is 9.59 Å². The molecular weight excluding hydrogens is 356 g/mol.